The predicted octanol–water partition coefficient (Wildman–Crippen LogP) is 5.17. The van der Waals surface area contributed by atoms with Gasteiger partial charge in [0.25, 0.3) is 0 Å². The van der Waals surface area contributed by atoms with E-state index in [-0.39, 0.29) is 0 Å². The van der Waals surface area contributed by atoms with Crippen molar-refractivity contribution in [1.82, 2.24) is 8.75 Å². The summed E-state index contributed by atoms with van der Waals surface area (Å²) in [6.07, 6.45) is 0. The van der Waals surface area contributed by atoms with E-state index in [2.05, 4.69) is 39.1 Å². The van der Waals surface area contributed by atoms with Crippen molar-refractivity contribution < 1.29 is 0 Å². The van der Waals surface area contributed by atoms with E-state index in [9.17, 15) is 0 Å². The lowest BCUT2D eigenvalue weighted by Gasteiger charge is -2.08. The third-order valence-electron chi connectivity index (χ3n) is 3.92. The molecule has 3 nitrogen and oxygen atoms in total. The van der Waals surface area contributed by atoms with Crippen LogP contribution in [0.25, 0.3) is 11.0 Å². The van der Waals surface area contributed by atoms with Crippen LogP contribution < -0.4 is 0 Å². The lowest BCUT2D eigenvalue weighted by atomic mass is 10.0. The van der Waals surface area contributed by atoms with Gasteiger partial charge in [-0.1, -0.05) is 66.7 Å². The Hall–Kier alpha value is -2.85. The fourth-order valence-corrected chi connectivity index (χ4v) is 3.29. The molecule has 0 unspecified atom stereocenters. The van der Waals surface area contributed by atoms with Gasteiger partial charge in [-0.25, -0.2) is 4.99 Å². The molecule has 24 heavy (non-hydrogen) atoms. The van der Waals surface area contributed by atoms with Crippen LogP contribution in [0.4, 0.5) is 5.69 Å². The molecule has 4 heteroatoms. The summed E-state index contributed by atoms with van der Waals surface area (Å²) < 4.78 is 8.84. The van der Waals surface area contributed by atoms with E-state index in [1.807, 2.05) is 49.4 Å². The first kappa shape index (κ1) is 14.7. The summed E-state index contributed by atoms with van der Waals surface area (Å²) in [6.45, 7) is 2.05. The van der Waals surface area contributed by atoms with Gasteiger partial charge in [0, 0.05) is 11.1 Å². The maximum Gasteiger partial charge on any atom is 0.130 e. The molecule has 116 valence electrons. The van der Waals surface area contributed by atoms with Crippen LogP contribution in [0.5, 0.6) is 0 Å². The van der Waals surface area contributed by atoms with E-state index in [0.29, 0.717) is 0 Å². The average molecular weight is 329 g/mol. The first-order valence-electron chi connectivity index (χ1n) is 7.74. The van der Waals surface area contributed by atoms with Gasteiger partial charge in [-0.2, -0.15) is 8.75 Å². The van der Waals surface area contributed by atoms with Crippen LogP contribution in [0.2, 0.25) is 0 Å². The van der Waals surface area contributed by atoms with Crippen LogP contribution in [-0.2, 0) is 0 Å². The number of rotatable bonds is 3. The predicted molar refractivity (Wildman–Crippen MR) is 100 cm³/mol. The Morgan fingerprint density at radius 1 is 0.750 bits per heavy atom. The van der Waals surface area contributed by atoms with Crippen LogP contribution in [-0.4, -0.2) is 14.5 Å². The Kier molecular flexibility index (Phi) is 3.89. The van der Waals surface area contributed by atoms with Crippen molar-refractivity contribution in [2.75, 3.05) is 0 Å². The van der Waals surface area contributed by atoms with Crippen molar-refractivity contribution in [2.24, 2.45) is 4.99 Å². The summed E-state index contributed by atoms with van der Waals surface area (Å²) in [5.74, 6) is 0. The quantitative estimate of drug-likeness (QED) is 0.486. The number of nitrogens with zero attached hydrogens (tertiary/aromatic N) is 3. The van der Waals surface area contributed by atoms with Gasteiger partial charge in [-0.05, 0) is 18.6 Å². The maximum atomic E-state index is 4.96. The fourth-order valence-electron chi connectivity index (χ4n) is 2.68. The summed E-state index contributed by atoms with van der Waals surface area (Å²) >= 11 is 1.23. The molecule has 0 spiro atoms. The Labute approximate surface area is 144 Å². The molecule has 0 saturated heterocycles. The minimum Gasteiger partial charge on any atom is -0.245 e. The molecule has 4 rings (SSSR count). The zero-order valence-electron chi connectivity index (χ0n) is 13.2. The smallest absolute Gasteiger partial charge is 0.130 e. The summed E-state index contributed by atoms with van der Waals surface area (Å²) in [6, 6.07) is 24.5. The highest BCUT2D eigenvalue weighted by molar-refractivity contribution is 7.00. The van der Waals surface area contributed by atoms with Crippen LogP contribution in [0.1, 0.15) is 16.7 Å². The van der Waals surface area contributed by atoms with Crippen LogP contribution in [0, 0.1) is 6.92 Å². The highest BCUT2D eigenvalue weighted by Gasteiger charge is 2.11. The lowest BCUT2D eigenvalue weighted by Crippen LogP contribution is -2.02. The second kappa shape index (κ2) is 6.34. The largest absolute Gasteiger partial charge is 0.245 e. The molecule has 0 amide bonds. The van der Waals surface area contributed by atoms with Gasteiger partial charge < -0.3 is 0 Å². The Morgan fingerprint density at radius 2 is 1.33 bits per heavy atom. The van der Waals surface area contributed by atoms with Gasteiger partial charge in [0.15, 0.2) is 0 Å². The number of aliphatic imine (C=N–C) groups is 1. The van der Waals surface area contributed by atoms with Gasteiger partial charge in [-0.15, -0.1) is 0 Å². The molecular weight excluding hydrogens is 314 g/mol. The number of benzene rings is 3. The van der Waals surface area contributed by atoms with E-state index >= 15 is 0 Å². The molecule has 0 aliphatic heterocycles. The number of fused-ring (bicyclic) bond motifs is 1. The molecule has 0 atom stereocenters. The van der Waals surface area contributed by atoms with Crippen LogP contribution in [0.3, 0.4) is 0 Å². The average Bonchev–Trinajstić information content (AvgIpc) is 3.14. The first-order valence-corrected chi connectivity index (χ1v) is 8.47. The minimum atomic E-state index is 0.854. The number of aryl methyl sites for hydroxylation is 1. The van der Waals surface area contributed by atoms with Crippen molar-refractivity contribution in [2.45, 2.75) is 6.92 Å². The second-order valence-corrected chi connectivity index (χ2v) is 6.08. The number of hydrogen-bond donors (Lipinski definition) is 0. The van der Waals surface area contributed by atoms with Crippen LogP contribution in [0.15, 0.2) is 77.8 Å². The summed E-state index contributed by atoms with van der Waals surface area (Å²) in [4.78, 5) is 4.96. The zero-order chi connectivity index (χ0) is 16.4. The second-order valence-electron chi connectivity index (χ2n) is 5.56. The molecule has 0 saturated carbocycles. The van der Waals surface area contributed by atoms with Gasteiger partial charge in [0.1, 0.15) is 11.0 Å². The van der Waals surface area contributed by atoms with E-state index in [1.165, 1.54) is 11.7 Å². The summed E-state index contributed by atoms with van der Waals surface area (Å²) in [5, 5.41) is 0. The Balaban J connectivity index is 1.94. The minimum absolute atomic E-state index is 0.854. The molecule has 4 aromatic rings. The van der Waals surface area contributed by atoms with Crippen molar-refractivity contribution in [1.29, 1.82) is 0 Å². The molecule has 0 fully saturated rings. The van der Waals surface area contributed by atoms with Gasteiger partial charge in [0.05, 0.1) is 23.1 Å². The van der Waals surface area contributed by atoms with Crippen molar-refractivity contribution in [3.05, 3.63) is 89.5 Å². The maximum absolute atomic E-state index is 4.96. The molecule has 0 N–H and O–H groups in total. The fraction of sp³-hybridized carbons (Fsp3) is 0.0500. The molecule has 0 radical (unpaired) electrons. The molecular formula is C20H15N3S. The van der Waals surface area contributed by atoms with Crippen LogP contribution >= 0.6 is 11.7 Å². The van der Waals surface area contributed by atoms with Crippen molar-refractivity contribution in [3.63, 3.8) is 0 Å². The monoisotopic (exact) mass is 329 g/mol. The van der Waals surface area contributed by atoms with E-state index in [1.54, 1.807) is 0 Å². The van der Waals surface area contributed by atoms with E-state index < -0.39 is 0 Å². The topological polar surface area (TPSA) is 38.1 Å². The number of aromatic nitrogens is 2. The van der Waals surface area contributed by atoms with Gasteiger partial charge >= 0.3 is 0 Å². The molecule has 1 heterocycles. The Morgan fingerprint density at radius 3 is 1.96 bits per heavy atom. The SMILES string of the molecule is Cc1ccc(N=C(c2ccccc2)c2ccccc2)c2nsnc12. The third-order valence-corrected chi connectivity index (χ3v) is 4.45. The first-order chi connectivity index (χ1) is 11.8. The van der Waals surface area contributed by atoms with Gasteiger partial charge in [-0.3, -0.25) is 0 Å². The third kappa shape index (κ3) is 2.72. The highest BCUT2D eigenvalue weighted by atomic mass is 32.1. The summed E-state index contributed by atoms with van der Waals surface area (Å²) in [7, 11) is 0. The van der Waals surface area contributed by atoms with Gasteiger partial charge in [0.2, 0.25) is 0 Å². The van der Waals surface area contributed by atoms with E-state index in [0.717, 1.165) is 39.1 Å². The zero-order valence-corrected chi connectivity index (χ0v) is 14.0. The van der Waals surface area contributed by atoms with Crippen molar-refractivity contribution >= 4 is 34.2 Å². The standard InChI is InChI=1S/C20H15N3S/c1-14-12-13-17(20-18(14)22-24-23-20)21-19(15-8-4-2-5-9-15)16-10-6-3-7-11-16/h2-13H,1H3. The molecule has 0 bridgehead atoms. The molecule has 3 aromatic carbocycles. The molecule has 1 aromatic heterocycles. The summed E-state index contributed by atoms with van der Waals surface area (Å²) in [5.41, 5.74) is 6.88. The normalized spacial score (nSPS) is 10.7. The van der Waals surface area contributed by atoms with E-state index in [4.69, 9.17) is 4.99 Å². The lowest BCUT2D eigenvalue weighted by molar-refractivity contribution is 1.44. The number of hydrogen-bond acceptors (Lipinski definition) is 4. The molecule has 0 aliphatic carbocycles. The van der Waals surface area contributed by atoms with Crippen molar-refractivity contribution in [3.8, 4) is 0 Å². The Bertz CT molecular complexity index is 963. The highest BCUT2D eigenvalue weighted by Crippen LogP contribution is 2.28. The molecule has 0 aliphatic rings.